The van der Waals surface area contributed by atoms with E-state index in [1.165, 1.54) is 16.7 Å². The lowest BCUT2D eigenvalue weighted by molar-refractivity contribution is -0.136. The van der Waals surface area contributed by atoms with Gasteiger partial charge in [-0.05, 0) is 53.3 Å². The topological polar surface area (TPSA) is 59.8 Å². The number of hydrogen-bond acceptors (Lipinski definition) is 6. The lowest BCUT2D eigenvalue weighted by atomic mass is 10.1. The Morgan fingerprint density at radius 2 is 2.00 bits per heavy atom. The Kier molecular flexibility index (Phi) is 6.54. The first-order valence-electron chi connectivity index (χ1n) is 9.79. The first-order valence-corrected chi connectivity index (χ1v) is 11.8. The molecule has 2 aromatic rings. The molecule has 1 saturated carbocycles. The highest BCUT2D eigenvalue weighted by Crippen LogP contribution is 2.60. The van der Waals surface area contributed by atoms with E-state index in [0.717, 1.165) is 5.56 Å². The standard InChI is InChI=1S/C23H19Cl2NO4S2/c1-23(2)16(11-18(24)25)19(23)21(28)30-14-7-5-13(6-8-14)10-17-20(27)26(22(31)32-17)12-15-4-3-9-29-15/h3-11,16,19H,12H2,1-2H3. The predicted octanol–water partition coefficient (Wildman–Crippen LogP) is 6.18. The molecule has 0 radical (unpaired) electrons. The summed E-state index contributed by atoms with van der Waals surface area (Å²) in [5, 5.41) is 0. The minimum absolute atomic E-state index is 0.0534. The van der Waals surface area contributed by atoms with Gasteiger partial charge < -0.3 is 9.15 Å². The second kappa shape index (κ2) is 9.06. The van der Waals surface area contributed by atoms with Gasteiger partial charge in [0.15, 0.2) is 0 Å². The van der Waals surface area contributed by atoms with Crippen LogP contribution in [0.25, 0.3) is 6.08 Å². The Labute approximate surface area is 205 Å². The van der Waals surface area contributed by atoms with E-state index in [0.29, 0.717) is 27.3 Å². The molecule has 1 saturated heterocycles. The monoisotopic (exact) mass is 507 g/mol. The van der Waals surface area contributed by atoms with Crippen LogP contribution in [0.2, 0.25) is 0 Å². The average molecular weight is 508 g/mol. The van der Waals surface area contributed by atoms with E-state index in [1.807, 2.05) is 13.8 Å². The molecule has 2 heterocycles. The van der Waals surface area contributed by atoms with Crippen LogP contribution in [0, 0.1) is 17.3 Å². The maximum Gasteiger partial charge on any atom is 0.315 e. The summed E-state index contributed by atoms with van der Waals surface area (Å²) in [5.41, 5.74) is 0.543. The molecule has 1 amide bonds. The molecular formula is C23H19Cl2NO4S2. The minimum atomic E-state index is -0.322. The van der Waals surface area contributed by atoms with Crippen LogP contribution in [-0.4, -0.2) is 21.1 Å². The smallest absolute Gasteiger partial charge is 0.315 e. The van der Waals surface area contributed by atoms with E-state index < -0.39 is 0 Å². The number of benzene rings is 1. The molecule has 0 spiro atoms. The van der Waals surface area contributed by atoms with Crippen molar-refractivity contribution in [1.82, 2.24) is 4.90 Å². The molecule has 32 heavy (non-hydrogen) atoms. The van der Waals surface area contributed by atoms with Crippen molar-refractivity contribution in [3.63, 3.8) is 0 Å². The molecule has 2 fully saturated rings. The normalized spacial score (nSPS) is 22.9. The maximum atomic E-state index is 12.7. The minimum Gasteiger partial charge on any atom is -0.467 e. The highest BCUT2D eigenvalue weighted by atomic mass is 35.5. The third-order valence-corrected chi connectivity index (χ3v) is 7.26. The molecule has 0 N–H and O–H groups in total. The number of amides is 1. The van der Waals surface area contributed by atoms with Gasteiger partial charge in [0, 0.05) is 0 Å². The van der Waals surface area contributed by atoms with E-state index in [9.17, 15) is 9.59 Å². The zero-order valence-corrected chi connectivity index (χ0v) is 20.4. The molecule has 1 aromatic heterocycles. The summed E-state index contributed by atoms with van der Waals surface area (Å²) in [7, 11) is 0. The Balaban J connectivity index is 1.40. The van der Waals surface area contributed by atoms with Gasteiger partial charge >= 0.3 is 5.97 Å². The number of thioether (sulfide) groups is 1. The van der Waals surface area contributed by atoms with Crippen LogP contribution in [0.4, 0.5) is 0 Å². The Morgan fingerprint density at radius 1 is 1.28 bits per heavy atom. The summed E-state index contributed by atoms with van der Waals surface area (Å²) < 4.78 is 11.5. The second-order valence-electron chi connectivity index (χ2n) is 8.12. The molecule has 0 bridgehead atoms. The van der Waals surface area contributed by atoms with Gasteiger partial charge in [-0.15, -0.1) is 0 Å². The van der Waals surface area contributed by atoms with Crippen molar-refractivity contribution in [2.24, 2.45) is 17.3 Å². The van der Waals surface area contributed by atoms with Crippen LogP contribution >= 0.6 is 47.2 Å². The summed E-state index contributed by atoms with van der Waals surface area (Å²) in [4.78, 5) is 27.3. The third-order valence-electron chi connectivity index (χ3n) is 5.63. The summed E-state index contributed by atoms with van der Waals surface area (Å²) in [6, 6.07) is 10.5. The third kappa shape index (κ3) is 4.81. The van der Waals surface area contributed by atoms with Gasteiger partial charge in [0.25, 0.3) is 5.91 Å². The van der Waals surface area contributed by atoms with Crippen molar-refractivity contribution in [1.29, 1.82) is 0 Å². The van der Waals surface area contributed by atoms with Gasteiger partial charge in [0.2, 0.25) is 0 Å². The summed E-state index contributed by atoms with van der Waals surface area (Å²) in [5.74, 6) is 0.253. The number of esters is 1. The fourth-order valence-electron chi connectivity index (χ4n) is 3.73. The fraction of sp³-hybridized carbons (Fsp3) is 0.261. The van der Waals surface area contributed by atoms with Crippen molar-refractivity contribution in [2.75, 3.05) is 0 Å². The van der Waals surface area contributed by atoms with E-state index >= 15 is 0 Å². The maximum absolute atomic E-state index is 12.7. The zero-order chi connectivity index (χ0) is 23.0. The van der Waals surface area contributed by atoms with Gasteiger partial charge in [-0.2, -0.15) is 0 Å². The quantitative estimate of drug-likeness (QED) is 0.201. The molecule has 2 aliphatic rings. The van der Waals surface area contributed by atoms with Crippen molar-refractivity contribution < 1.29 is 18.7 Å². The molecule has 1 aliphatic carbocycles. The van der Waals surface area contributed by atoms with Crippen molar-refractivity contribution >= 4 is 69.5 Å². The predicted molar refractivity (Wildman–Crippen MR) is 130 cm³/mol. The van der Waals surface area contributed by atoms with Gasteiger partial charge in [-0.1, -0.05) is 73.2 Å². The Hall–Kier alpha value is -2.06. The molecule has 4 rings (SSSR count). The Morgan fingerprint density at radius 3 is 2.62 bits per heavy atom. The summed E-state index contributed by atoms with van der Waals surface area (Å²) in [6.45, 7) is 4.25. The van der Waals surface area contributed by atoms with Crippen LogP contribution < -0.4 is 4.74 Å². The molecule has 1 aliphatic heterocycles. The van der Waals surface area contributed by atoms with Crippen molar-refractivity contribution in [3.8, 4) is 5.75 Å². The fourth-order valence-corrected chi connectivity index (χ4v) is 5.26. The number of ether oxygens (including phenoxy) is 1. The first kappa shape index (κ1) is 23.1. The second-order valence-corrected chi connectivity index (χ2v) is 10.8. The molecule has 1 aromatic carbocycles. The highest BCUT2D eigenvalue weighted by molar-refractivity contribution is 8.26. The first-order chi connectivity index (χ1) is 15.2. The molecule has 5 nitrogen and oxygen atoms in total. The number of halogens is 2. The zero-order valence-electron chi connectivity index (χ0n) is 17.2. The lowest BCUT2D eigenvalue weighted by Crippen LogP contribution is -2.27. The van der Waals surface area contributed by atoms with Gasteiger partial charge in [0.1, 0.15) is 20.3 Å². The number of carbonyl (C=O) groups is 2. The van der Waals surface area contributed by atoms with Crippen LogP contribution in [0.1, 0.15) is 25.2 Å². The number of furan rings is 1. The number of allylic oxidation sites excluding steroid dienone is 1. The number of nitrogens with zero attached hydrogens (tertiary/aromatic N) is 1. The van der Waals surface area contributed by atoms with Crippen LogP contribution in [0.15, 0.2) is 62.6 Å². The van der Waals surface area contributed by atoms with E-state index in [4.69, 9.17) is 44.6 Å². The number of hydrogen-bond donors (Lipinski definition) is 0. The number of thiocarbonyl (C=S) groups is 1. The van der Waals surface area contributed by atoms with Crippen LogP contribution in [-0.2, 0) is 16.1 Å². The number of rotatable bonds is 6. The molecule has 166 valence electrons. The van der Waals surface area contributed by atoms with E-state index in [1.54, 1.807) is 54.8 Å². The largest absolute Gasteiger partial charge is 0.467 e. The van der Waals surface area contributed by atoms with Crippen LogP contribution in [0.3, 0.4) is 0 Å². The van der Waals surface area contributed by atoms with Crippen molar-refractivity contribution in [2.45, 2.75) is 20.4 Å². The summed E-state index contributed by atoms with van der Waals surface area (Å²) in [6.07, 6.45) is 5.01. The van der Waals surface area contributed by atoms with Gasteiger partial charge in [0.05, 0.1) is 23.6 Å². The van der Waals surface area contributed by atoms with Crippen molar-refractivity contribution in [3.05, 3.63) is 69.5 Å². The number of carbonyl (C=O) groups excluding carboxylic acids is 2. The highest BCUT2D eigenvalue weighted by Gasteiger charge is 2.61. The average Bonchev–Trinajstić information content (AvgIpc) is 3.07. The van der Waals surface area contributed by atoms with E-state index in [-0.39, 0.29) is 33.6 Å². The Bertz CT molecular complexity index is 1120. The van der Waals surface area contributed by atoms with Gasteiger partial charge in [-0.25, -0.2) is 0 Å². The van der Waals surface area contributed by atoms with Gasteiger partial charge in [-0.3, -0.25) is 14.5 Å². The molecule has 9 heteroatoms. The molecular weight excluding hydrogens is 489 g/mol. The lowest BCUT2D eigenvalue weighted by Gasteiger charge is -2.11. The molecule has 2 atom stereocenters. The van der Waals surface area contributed by atoms with Crippen LogP contribution in [0.5, 0.6) is 5.75 Å². The van der Waals surface area contributed by atoms with E-state index in [2.05, 4.69) is 0 Å². The summed E-state index contributed by atoms with van der Waals surface area (Å²) >= 11 is 18.1. The SMILES string of the molecule is CC1(C)C(C=C(Cl)Cl)C1C(=O)Oc1ccc(C=C2SC(=S)N(Cc3ccco3)C2=O)cc1. The molecule has 2 unspecified atom stereocenters.